The van der Waals surface area contributed by atoms with Gasteiger partial charge in [-0.15, -0.1) is 0 Å². The zero-order chi connectivity index (χ0) is 41.0. The number of para-hydroxylation sites is 2. The van der Waals surface area contributed by atoms with Crippen molar-refractivity contribution in [1.82, 2.24) is 19.5 Å². The van der Waals surface area contributed by atoms with Gasteiger partial charge >= 0.3 is 0 Å². The maximum absolute atomic E-state index is 6.31. The van der Waals surface area contributed by atoms with Gasteiger partial charge < -0.3 is 8.98 Å². The number of aromatic nitrogens is 4. The van der Waals surface area contributed by atoms with E-state index in [1.807, 2.05) is 36.4 Å². The first-order chi connectivity index (χ1) is 30.7. The number of furan rings is 1. The topological polar surface area (TPSA) is 56.7 Å². The molecule has 3 aromatic heterocycles. The van der Waals surface area contributed by atoms with E-state index >= 15 is 0 Å². The SMILES string of the molecule is c1ccc(-c2ccc(-c3nc(-c4ccccc4)nc(-c4ccc(-n5c6ccccc6c6ccc(-c7cccc8oc9ccccc9c78)cc65)cc4-c4ccccc4)n3)cc2)cc1. The molecule has 3 heterocycles. The Hall–Kier alpha value is -8.41. The molecule has 12 aromatic rings. The molecule has 0 spiro atoms. The number of fused-ring (bicyclic) bond motifs is 6. The van der Waals surface area contributed by atoms with Crippen molar-refractivity contribution in [3.8, 4) is 73.2 Å². The first-order valence-electron chi connectivity index (χ1n) is 20.8. The van der Waals surface area contributed by atoms with Crippen molar-refractivity contribution in [3.63, 3.8) is 0 Å². The number of hydrogen-bond acceptors (Lipinski definition) is 4. The summed E-state index contributed by atoms with van der Waals surface area (Å²) in [6.45, 7) is 0. The second-order valence-electron chi connectivity index (χ2n) is 15.6. The number of benzene rings is 9. The molecule has 0 saturated heterocycles. The van der Waals surface area contributed by atoms with Crippen LogP contribution in [0.5, 0.6) is 0 Å². The van der Waals surface area contributed by atoms with Gasteiger partial charge in [-0.05, 0) is 75.8 Å². The van der Waals surface area contributed by atoms with E-state index in [9.17, 15) is 0 Å². The highest BCUT2D eigenvalue weighted by atomic mass is 16.3. The standard InChI is InChI=1S/C57H36N4O/c1-4-15-37(16-5-1)38-27-29-41(30-28-38)56-58-55(40-19-8-3-9-20-40)59-57(60-56)47-34-32-43(36-49(47)39-17-6-2-7-18-39)61-50-24-12-10-21-45(50)46-33-31-42(35-51(46)61)44-23-14-26-53-54(44)48-22-11-13-25-52(48)62-53/h1-36H. The van der Waals surface area contributed by atoms with E-state index in [0.29, 0.717) is 17.5 Å². The second kappa shape index (κ2) is 14.7. The van der Waals surface area contributed by atoms with Gasteiger partial charge in [-0.25, -0.2) is 15.0 Å². The highest BCUT2D eigenvalue weighted by Crippen LogP contribution is 2.41. The Morgan fingerprint density at radius 3 is 1.61 bits per heavy atom. The van der Waals surface area contributed by atoms with Gasteiger partial charge in [-0.3, -0.25) is 0 Å². The fourth-order valence-electron chi connectivity index (χ4n) is 8.94. The smallest absolute Gasteiger partial charge is 0.164 e. The molecule has 0 bridgehead atoms. The molecule has 0 saturated carbocycles. The van der Waals surface area contributed by atoms with Gasteiger partial charge in [-0.1, -0.05) is 176 Å². The summed E-state index contributed by atoms with van der Waals surface area (Å²) in [5.41, 5.74) is 14.5. The molecular weight excluding hydrogens is 757 g/mol. The number of nitrogens with zero attached hydrogens (tertiary/aromatic N) is 4. The van der Waals surface area contributed by atoms with Gasteiger partial charge in [0.05, 0.1) is 11.0 Å². The predicted octanol–water partition coefficient (Wildman–Crippen LogP) is 14.9. The second-order valence-corrected chi connectivity index (χ2v) is 15.6. The Morgan fingerprint density at radius 2 is 0.855 bits per heavy atom. The minimum Gasteiger partial charge on any atom is -0.456 e. The molecule has 0 aliphatic rings. The van der Waals surface area contributed by atoms with E-state index in [1.165, 1.54) is 10.8 Å². The Kier molecular flexibility index (Phi) is 8.42. The molecule has 9 aromatic carbocycles. The van der Waals surface area contributed by atoms with Crippen molar-refractivity contribution in [2.75, 3.05) is 0 Å². The third kappa shape index (κ3) is 6.06. The minimum atomic E-state index is 0.608. The molecule has 12 rings (SSSR count). The zero-order valence-electron chi connectivity index (χ0n) is 33.5. The highest BCUT2D eigenvalue weighted by molar-refractivity contribution is 6.15. The molecule has 62 heavy (non-hydrogen) atoms. The Balaban J connectivity index is 1.05. The molecule has 0 N–H and O–H groups in total. The van der Waals surface area contributed by atoms with Gasteiger partial charge in [0.15, 0.2) is 17.5 Å². The fourth-order valence-corrected chi connectivity index (χ4v) is 8.94. The molecule has 5 heteroatoms. The highest BCUT2D eigenvalue weighted by Gasteiger charge is 2.20. The summed E-state index contributed by atoms with van der Waals surface area (Å²) >= 11 is 0. The normalized spacial score (nSPS) is 11.5. The molecule has 0 aliphatic carbocycles. The van der Waals surface area contributed by atoms with Crippen molar-refractivity contribution < 1.29 is 4.42 Å². The average Bonchev–Trinajstić information content (AvgIpc) is 3.90. The van der Waals surface area contributed by atoms with Crippen LogP contribution in [0, 0.1) is 0 Å². The molecule has 0 aliphatic heterocycles. The van der Waals surface area contributed by atoms with Gasteiger partial charge in [0.2, 0.25) is 0 Å². The Morgan fingerprint density at radius 1 is 0.306 bits per heavy atom. The number of rotatable bonds is 7. The van der Waals surface area contributed by atoms with Crippen LogP contribution in [0.1, 0.15) is 0 Å². The molecular formula is C57H36N4O. The summed E-state index contributed by atoms with van der Waals surface area (Å²) in [5.74, 6) is 1.85. The zero-order valence-corrected chi connectivity index (χ0v) is 33.5. The number of hydrogen-bond donors (Lipinski definition) is 0. The summed E-state index contributed by atoms with van der Waals surface area (Å²) in [4.78, 5) is 15.5. The molecule has 0 atom stereocenters. The first-order valence-corrected chi connectivity index (χ1v) is 20.8. The maximum Gasteiger partial charge on any atom is 0.164 e. The molecule has 290 valence electrons. The molecule has 0 amide bonds. The Bertz CT molecular complexity index is 3610. The van der Waals surface area contributed by atoms with Crippen LogP contribution in [-0.2, 0) is 0 Å². The van der Waals surface area contributed by atoms with Crippen molar-refractivity contribution >= 4 is 43.7 Å². The van der Waals surface area contributed by atoms with Crippen LogP contribution >= 0.6 is 0 Å². The molecule has 0 radical (unpaired) electrons. The summed E-state index contributed by atoms with van der Waals surface area (Å²) in [5, 5.41) is 4.62. The summed E-state index contributed by atoms with van der Waals surface area (Å²) in [6, 6.07) is 76.4. The van der Waals surface area contributed by atoms with Crippen LogP contribution in [0.25, 0.3) is 117 Å². The lowest BCUT2D eigenvalue weighted by Gasteiger charge is -2.16. The van der Waals surface area contributed by atoms with Crippen molar-refractivity contribution in [3.05, 3.63) is 218 Å². The lowest BCUT2D eigenvalue weighted by molar-refractivity contribution is 0.669. The van der Waals surface area contributed by atoms with Gasteiger partial charge in [0, 0.05) is 43.9 Å². The van der Waals surface area contributed by atoms with Crippen molar-refractivity contribution in [2.24, 2.45) is 0 Å². The average molecular weight is 793 g/mol. The predicted molar refractivity (Wildman–Crippen MR) is 254 cm³/mol. The third-order valence-corrected chi connectivity index (χ3v) is 11.9. The van der Waals surface area contributed by atoms with Gasteiger partial charge in [0.25, 0.3) is 0 Å². The van der Waals surface area contributed by atoms with E-state index in [1.54, 1.807) is 0 Å². The first kappa shape index (κ1) is 35.5. The van der Waals surface area contributed by atoms with Crippen molar-refractivity contribution in [1.29, 1.82) is 0 Å². The van der Waals surface area contributed by atoms with Crippen LogP contribution in [0.2, 0.25) is 0 Å². The maximum atomic E-state index is 6.31. The van der Waals surface area contributed by atoms with Crippen LogP contribution in [-0.4, -0.2) is 19.5 Å². The lowest BCUT2D eigenvalue weighted by atomic mass is 9.97. The van der Waals surface area contributed by atoms with E-state index < -0.39 is 0 Å². The van der Waals surface area contributed by atoms with Gasteiger partial charge in [0.1, 0.15) is 11.2 Å². The molecule has 5 nitrogen and oxygen atoms in total. The minimum absolute atomic E-state index is 0.608. The van der Waals surface area contributed by atoms with Crippen LogP contribution in [0.15, 0.2) is 223 Å². The molecule has 0 unspecified atom stereocenters. The van der Waals surface area contributed by atoms with E-state index in [2.05, 4.69) is 187 Å². The summed E-state index contributed by atoms with van der Waals surface area (Å²) < 4.78 is 8.70. The lowest BCUT2D eigenvalue weighted by Crippen LogP contribution is -2.02. The van der Waals surface area contributed by atoms with E-state index in [0.717, 1.165) is 88.7 Å². The summed E-state index contributed by atoms with van der Waals surface area (Å²) in [6.07, 6.45) is 0. The summed E-state index contributed by atoms with van der Waals surface area (Å²) in [7, 11) is 0. The Labute approximate surface area is 357 Å². The van der Waals surface area contributed by atoms with E-state index in [-0.39, 0.29) is 0 Å². The van der Waals surface area contributed by atoms with Crippen LogP contribution < -0.4 is 0 Å². The fraction of sp³-hybridized carbons (Fsp3) is 0. The quantitative estimate of drug-likeness (QED) is 0.161. The van der Waals surface area contributed by atoms with E-state index in [4.69, 9.17) is 19.4 Å². The monoisotopic (exact) mass is 792 g/mol. The van der Waals surface area contributed by atoms with Crippen LogP contribution in [0.4, 0.5) is 0 Å². The van der Waals surface area contributed by atoms with Gasteiger partial charge in [-0.2, -0.15) is 0 Å². The van der Waals surface area contributed by atoms with Crippen LogP contribution in [0.3, 0.4) is 0 Å². The largest absolute Gasteiger partial charge is 0.456 e. The third-order valence-electron chi connectivity index (χ3n) is 11.9. The van der Waals surface area contributed by atoms with Crippen molar-refractivity contribution in [2.45, 2.75) is 0 Å². The molecule has 0 fully saturated rings.